The molecule has 6 heteroatoms. The molecule has 0 aromatic heterocycles. The van der Waals surface area contributed by atoms with Crippen LogP contribution in [0.25, 0.3) is 0 Å². The van der Waals surface area contributed by atoms with Crippen LogP contribution < -0.4 is 9.75 Å². The number of methoxy groups -OCH3 is 1. The minimum absolute atomic E-state index is 0.0733. The molecular formula is C29H34ClN3O2. The van der Waals surface area contributed by atoms with Gasteiger partial charge in [0.05, 0.1) is 12.8 Å². The molecule has 1 heterocycles. The molecular weight excluding hydrogens is 458 g/mol. The SMILES string of the molecule is CCN(CC)CC[C@@]1(c2ccccc2)C(=O)N(N(C)Cc2ccc(OC)cc2Cl)c2ccccc21. The molecule has 3 aromatic rings. The van der Waals surface area contributed by atoms with E-state index in [1.54, 1.807) is 7.11 Å². The molecule has 0 N–H and O–H groups in total. The molecule has 1 amide bonds. The Morgan fingerprint density at radius 3 is 2.31 bits per heavy atom. The number of carbonyl (C=O) groups is 1. The minimum Gasteiger partial charge on any atom is -0.497 e. The number of hydrogen-bond acceptors (Lipinski definition) is 4. The predicted octanol–water partition coefficient (Wildman–Crippen LogP) is 5.76. The van der Waals surface area contributed by atoms with Gasteiger partial charge in [-0.25, -0.2) is 10.0 Å². The molecule has 0 bridgehead atoms. The van der Waals surface area contributed by atoms with E-state index in [9.17, 15) is 4.79 Å². The van der Waals surface area contributed by atoms with E-state index in [4.69, 9.17) is 16.3 Å². The van der Waals surface area contributed by atoms with Gasteiger partial charge in [-0.15, -0.1) is 0 Å². The van der Waals surface area contributed by atoms with E-state index < -0.39 is 5.41 Å². The number of halogens is 1. The molecule has 4 rings (SSSR count). The Morgan fingerprint density at radius 1 is 0.971 bits per heavy atom. The third-order valence-corrected chi connectivity index (χ3v) is 7.47. The zero-order chi connectivity index (χ0) is 25.0. The third-order valence-electron chi connectivity index (χ3n) is 7.11. The van der Waals surface area contributed by atoms with E-state index in [1.807, 2.05) is 71.7 Å². The number of rotatable bonds is 10. The van der Waals surface area contributed by atoms with Crippen molar-refractivity contribution in [2.75, 3.05) is 38.8 Å². The summed E-state index contributed by atoms with van der Waals surface area (Å²) in [4.78, 5) is 16.9. The molecule has 184 valence electrons. The van der Waals surface area contributed by atoms with Gasteiger partial charge in [0, 0.05) is 18.6 Å². The van der Waals surface area contributed by atoms with Crippen LogP contribution in [-0.4, -0.2) is 49.6 Å². The molecule has 0 aliphatic carbocycles. The van der Waals surface area contributed by atoms with Gasteiger partial charge in [-0.2, -0.15) is 0 Å². The van der Waals surface area contributed by atoms with Gasteiger partial charge in [-0.3, -0.25) is 4.79 Å². The molecule has 0 fully saturated rings. The highest BCUT2D eigenvalue weighted by atomic mass is 35.5. The summed E-state index contributed by atoms with van der Waals surface area (Å²) in [5.41, 5.74) is 3.19. The van der Waals surface area contributed by atoms with Gasteiger partial charge < -0.3 is 9.64 Å². The first-order valence-corrected chi connectivity index (χ1v) is 12.6. The molecule has 0 saturated heterocycles. The summed E-state index contributed by atoms with van der Waals surface area (Å²) in [7, 11) is 3.57. The molecule has 0 unspecified atom stereocenters. The average Bonchev–Trinajstić information content (AvgIpc) is 3.14. The molecule has 5 nitrogen and oxygen atoms in total. The molecule has 0 radical (unpaired) electrons. The summed E-state index contributed by atoms with van der Waals surface area (Å²) >= 11 is 6.55. The summed E-state index contributed by atoms with van der Waals surface area (Å²) in [5, 5.41) is 4.43. The van der Waals surface area contributed by atoms with Gasteiger partial charge in [-0.1, -0.05) is 80.0 Å². The summed E-state index contributed by atoms with van der Waals surface area (Å²) in [6.07, 6.45) is 0.710. The van der Waals surface area contributed by atoms with Crippen LogP contribution in [0.2, 0.25) is 5.02 Å². The number of nitrogens with zero attached hydrogens (tertiary/aromatic N) is 3. The van der Waals surface area contributed by atoms with Crippen molar-refractivity contribution >= 4 is 23.2 Å². The van der Waals surface area contributed by atoms with Gasteiger partial charge in [0.1, 0.15) is 11.2 Å². The number of amides is 1. The second-order valence-electron chi connectivity index (χ2n) is 8.96. The van der Waals surface area contributed by atoms with Gasteiger partial charge in [0.2, 0.25) is 0 Å². The fraction of sp³-hybridized carbons (Fsp3) is 0.345. The summed E-state index contributed by atoms with van der Waals surface area (Å²) in [6, 6.07) is 24.1. The van der Waals surface area contributed by atoms with Crippen LogP contribution in [0.1, 0.15) is 37.0 Å². The van der Waals surface area contributed by atoms with Crippen LogP contribution >= 0.6 is 11.6 Å². The number of carbonyl (C=O) groups excluding carboxylic acids is 1. The highest BCUT2D eigenvalue weighted by Crippen LogP contribution is 2.49. The normalized spacial score (nSPS) is 17.3. The molecule has 3 aromatic carbocycles. The van der Waals surface area contributed by atoms with Crippen molar-refractivity contribution in [3.63, 3.8) is 0 Å². The summed E-state index contributed by atoms with van der Waals surface area (Å²) in [5.74, 6) is 0.785. The highest BCUT2D eigenvalue weighted by molar-refractivity contribution is 6.31. The lowest BCUT2D eigenvalue weighted by Gasteiger charge is -2.34. The van der Waals surface area contributed by atoms with Crippen molar-refractivity contribution in [1.82, 2.24) is 9.91 Å². The van der Waals surface area contributed by atoms with E-state index >= 15 is 0 Å². The van der Waals surface area contributed by atoms with E-state index in [0.29, 0.717) is 23.7 Å². The molecule has 0 spiro atoms. The number of hydrogen-bond donors (Lipinski definition) is 0. The topological polar surface area (TPSA) is 36.0 Å². The van der Waals surface area contributed by atoms with Gasteiger partial charge in [0.25, 0.3) is 5.91 Å². The smallest absolute Gasteiger partial charge is 0.256 e. The maximum Gasteiger partial charge on any atom is 0.256 e. The Labute approximate surface area is 213 Å². The number of hydrazine groups is 1. The van der Waals surface area contributed by atoms with Crippen LogP contribution in [0.3, 0.4) is 0 Å². The first kappa shape index (κ1) is 25.2. The lowest BCUT2D eigenvalue weighted by Crippen LogP contribution is -2.49. The summed E-state index contributed by atoms with van der Waals surface area (Å²) in [6.45, 7) is 7.57. The first-order valence-electron chi connectivity index (χ1n) is 12.2. The second kappa shape index (κ2) is 10.8. The lowest BCUT2D eigenvalue weighted by molar-refractivity contribution is -0.125. The van der Waals surface area contributed by atoms with Crippen LogP contribution in [0.4, 0.5) is 5.69 Å². The molecule has 0 saturated carbocycles. The molecule has 1 aliphatic rings. The second-order valence-corrected chi connectivity index (χ2v) is 9.36. The Morgan fingerprint density at radius 2 is 1.66 bits per heavy atom. The molecule has 1 aliphatic heterocycles. The first-order chi connectivity index (χ1) is 17.0. The fourth-order valence-corrected chi connectivity index (χ4v) is 5.35. The maximum atomic E-state index is 14.5. The van der Waals surface area contributed by atoms with Crippen LogP contribution in [0, 0.1) is 0 Å². The quantitative estimate of drug-likeness (QED) is 0.361. The fourth-order valence-electron chi connectivity index (χ4n) is 5.12. The lowest BCUT2D eigenvalue weighted by atomic mass is 9.72. The van der Waals surface area contributed by atoms with E-state index in [0.717, 1.165) is 42.0 Å². The molecule has 35 heavy (non-hydrogen) atoms. The third kappa shape index (κ3) is 4.68. The Hall–Kier alpha value is -2.86. The van der Waals surface area contributed by atoms with Crippen molar-refractivity contribution in [1.29, 1.82) is 0 Å². The van der Waals surface area contributed by atoms with Crippen LogP contribution in [0.15, 0.2) is 72.8 Å². The monoisotopic (exact) mass is 491 g/mol. The van der Waals surface area contributed by atoms with E-state index in [1.165, 1.54) is 0 Å². The number of fused-ring (bicyclic) bond motifs is 1. The van der Waals surface area contributed by atoms with Crippen LogP contribution in [-0.2, 0) is 16.8 Å². The van der Waals surface area contributed by atoms with E-state index in [-0.39, 0.29) is 5.91 Å². The number of benzene rings is 3. The zero-order valence-corrected chi connectivity index (χ0v) is 21.8. The van der Waals surface area contributed by atoms with Crippen molar-refractivity contribution in [3.05, 3.63) is 94.5 Å². The van der Waals surface area contributed by atoms with Crippen molar-refractivity contribution in [2.45, 2.75) is 32.2 Å². The zero-order valence-electron chi connectivity index (χ0n) is 21.0. The number of para-hydroxylation sites is 1. The van der Waals surface area contributed by atoms with Gasteiger partial charge >= 0.3 is 0 Å². The number of anilines is 1. The maximum absolute atomic E-state index is 14.5. The van der Waals surface area contributed by atoms with Crippen molar-refractivity contribution in [2.24, 2.45) is 0 Å². The van der Waals surface area contributed by atoms with Gasteiger partial charge in [0.15, 0.2) is 0 Å². The van der Waals surface area contributed by atoms with Crippen LogP contribution in [0.5, 0.6) is 5.75 Å². The highest BCUT2D eigenvalue weighted by Gasteiger charge is 2.53. The van der Waals surface area contributed by atoms with Gasteiger partial charge in [-0.05, 0) is 60.9 Å². The van der Waals surface area contributed by atoms with Crippen molar-refractivity contribution in [3.8, 4) is 5.75 Å². The summed E-state index contributed by atoms with van der Waals surface area (Å²) < 4.78 is 5.29. The van der Waals surface area contributed by atoms with Crippen molar-refractivity contribution < 1.29 is 9.53 Å². The number of ether oxygens (including phenoxy) is 1. The predicted molar refractivity (Wildman–Crippen MR) is 143 cm³/mol. The Kier molecular flexibility index (Phi) is 7.80. The average molecular weight is 492 g/mol. The van der Waals surface area contributed by atoms with E-state index in [2.05, 4.69) is 36.9 Å². The standard InChI is InChI=1S/C29H34ClN3O2/c1-5-32(6-2)19-18-29(23-12-8-7-9-13-23)25-14-10-11-15-27(25)33(28(29)34)31(3)21-22-16-17-24(35-4)20-26(22)30/h7-17,20H,5-6,18-19,21H2,1-4H3/t29-/m0/s1. The minimum atomic E-state index is -0.752. The Balaban J connectivity index is 1.76. The largest absolute Gasteiger partial charge is 0.497 e. The Bertz CT molecular complexity index is 1170. The molecule has 1 atom stereocenters.